The predicted molar refractivity (Wildman–Crippen MR) is 104 cm³/mol. The van der Waals surface area contributed by atoms with Gasteiger partial charge in [-0.05, 0) is 37.3 Å². The molecule has 0 spiro atoms. The molecule has 0 saturated heterocycles. The van der Waals surface area contributed by atoms with Gasteiger partial charge in [-0.1, -0.05) is 18.2 Å². The molecule has 138 valence electrons. The first kappa shape index (κ1) is 18.3. The average molecular weight is 364 g/mol. The van der Waals surface area contributed by atoms with Crippen molar-refractivity contribution in [2.24, 2.45) is 0 Å². The first-order chi connectivity index (χ1) is 13.1. The van der Waals surface area contributed by atoms with Crippen molar-refractivity contribution in [1.29, 1.82) is 0 Å². The third kappa shape index (κ3) is 4.58. The second-order valence-electron chi connectivity index (χ2n) is 6.02. The summed E-state index contributed by atoms with van der Waals surface area (Å²) in [7, 11) is 0. The van der Waals surface area contributed by atoms with Crippen LogP contribution in [-0.4, -0.2) is 28.3 Å². The lowest BCUT2D eigenvalue weighted by Gasteiger charge is -2.08. The first-order valence-corrected chi connectivity index (χ1v) is 8.73. The minimum atomic E-state index is -0.223. The highest BCUT2D eigenvalue weighted by atomic mass is 16.2. The molecular weight excluding hydrogens is 344 g/mol. The van der Waals surface area contributed by atoms with E-state index in [-0.39, 0.29) is 23.8 Å². The molecule has 2 amide bonds. The van der Waals surface area contributed by atoms with E-state index in [1.165, 1.54) is 0 Å². The molecule has 0 aliphatic heterocycles. The number of nitrogens with zero attached hydrogens (tertiary/aromatic N) is 1. The van der Waals surface area contributed by atoms with E-state index in [1.807, 2.05) is 13.0 Å². The van der Waals surface area contributed by atoms with E-state index < -0.39 is 0 Å². The number of amides is 2. The summed E-state index contributed by atoms with van der Waals surface area (Å²) in [6.45, 7) is 2.38. The average Bonchev–Trinajstić information content (AvgIpc) is 2.67. The molecule has 1 heterocycles. The summed E-state index contributed by atoms with van der Waals surface area (Å²) < 4.78 is 0. The quantitative estimate of drug-likeness (QED) is 0.624. The van der Waals surface area contributed by atoms with Gasteiger partial charge in [0.25, 0.3) is 11.5 Å². The Morgan fingerprint density at radius 2 is 1.93 bits per heavy atom. The van der Waals surface area contributed by atoms with E-state index in [4.69, 9.17) is 0 Å². The van der Waals surface area contributed by atoms with Crippen LogP contribution in [0, 0.1) is 0 Å². The number of rotatable bonds is 6. The van der Waals surface area contributed by atoms with E-state index in [2.05, 4.69) is 20.6 Å². The topological polar surface area (TPSA) is 104 Å². The van der Waals surface area contributed by atoms with Crippen LogP contribution in [0.4, 0.5) is 5.69 Å². The van der Waals surface area contributed by atoms with Gasteiger partial charge in [0.1, 0.15) is 5.82 Å². The van der Waals surface area contributed by atoms with E-state index in [0.717, 1.165) is 0 Å². The number of aromatic nitrogens is 2. The van der Waals surface area contributed by atoms with Crippen LogP contribution in [0.15, 0.2) is 53.3 Å². The number of anilines is 1. The van der Waals surface area contributed by atoms with Crippen molar-refractivity contribution in [3.05, 3.63) is 70.3 Å². The highest BCUT2D eigenvalue weighted by Crippen LogP contribution is 2.12. The van der Waals surface area contributed by atoms with Crippen molar-refractivity contribution >= 4 is 28.4 Å². The zero-order valence-corrected chi connectivity index (χ0v) is 14.9. The molecule has 0 aliphatic rings. The molecule has 0 saturated carbocycles. The fourth-order valence-electron chi connectivity index (χ4n) is 2.71. The van der Waals surface area contributed by atoms with E-state index >= 15 is 0 Å². The van der Waals surface area contributed by atoms with Crippen LogP contribution in [0.2, 0.25) is 0 Å². The Labute approximate surface area is 155 Å². The Bertz CT molecular complexity index is 1040. The van der Waals surface area contributed by atoms with Crippen LogP contribution in [0.25, 0.3) is 10.9 Å². The summed E-state index contributed by atoms with van der Waals surface area (Å²) in [5.41, 5.74) is 1.41. The maximum absolute atomic E-state index is 12.2. The smallest absolute Gasteiger partial charge is 0.258 e. The summed E-state index contributed by atoms with van der Waals surface area (Å²) in [6, 6.07) is 13.8. The van der Waals surface area contributed by atoms with Gasteiger partial charge in [0, 0.05) is 30.6 Å². The third-order valence-corrected chi connectivity index (χ3v) is 4.00. The van der Waals surface area contributed by atoms with Gasteiger partial charge >= 0.3 is 0 Å². The lowest BCUT2D eigenvalue weighted by molar-refractivity contribution is -0.116. The van der Waals surface area contributed by atoms with Gasteiger partial charge in [-0.15, -0.1) is 0 Å². The van der Waals surface area contributed by atoms with Gasteiger partial charge in [-0.3, -0.25) is 14.4 Å². The van der Waals surface area contributed by atoms with Crippen LogP contribution < -0.4 is 16.2 Å². The number of hydrogen-bond donors (Lipinski definition) is 3. The van der Waals surface area contributed by atoms with Gasteiger partial charge in [0.05, 0.1) is 10.9 Å². The second kappa shape index (κ2) is 8.27. The summed E-state index contributed by atoms with van der Waals surface area (Å²) in [5.74, 6) is 0.0512. The monoisotopic (exact) mass is 364 g/mol. The number of aromatic amines is 1. The number of H-pyrrole nitrogens is 1. The molecule has 3 aromatic rings. The second-order valence-corrected chi connectivity index (χ2v) is 6.02. The molecule has 0 bridgehead atoms. The van der Waals surface area contributed by atoms with Crippen LogP contribution >= 0.6 is 0 Å². The highest BCUT2D eigenvalue weighted by molar-refractivity contribution is 5.97. The van der Waals surface area contributed by atoms with Crippen molar-refractivity contribution in [3.63, 3.8) is 0 Å². The fraction of sp³-hybridized carbons (Fsp3) is 0.200. The lowest BCUT2D eigenvalue weighted by atomic mass is 10.1. The van der Waals surface area contributed by atoms with Crippen molar-refractivity contribution in [1.82, 2.24) is 15.3 Å². The Kier molecular flexibility index (Phi) is 5.61. The van der Waals surface area contributed by atoms with Crippen molar-refractivity contribution in [2.75, 3.05) is 11.9 Å². The number of hydrogen-bond acceptors (Lipinski definition) is 4. The molecule has 3 N–H and O–H groups in total. The third-order valence-electron chi connectivity index (χ3n) is 4.00. The van der Waals surface area contributed by atoms with Gasteiger partial charge < -0.3 is 15.6 Å². The summed E-state index contributed by atoms with van der Waals surface area (Å²) in [5, 5.41) is 6.00. The van der Waals surface area contributed by atoms with E-state index in [1.54, 1.807) is 42.5 Å². The van der Waals surface area contributed by atoms with Crippen LogP contribution in [0.5, 0.6) is 0 Å². The normalized spacial score (nSPS) is 10.6. The molecule has 0 unspecified atom stereocenters. The summed E-state index contributed by atoms with van der Waals surface area (Å²) in [4.78, 5) is 43.2. The first-order valence-electron chi connectivity index (χ1n) is 8.73. The molecule has 0 fully saturated rings. The predicted octanol–water partition coefficient (Wildman–Crippen LogP) is 2.24. The number of carbonyl (C=O) groups excluding carboxylic acids is 2. The Morgan fingerprint density at radius 1 is 1.11 bits per heavy atom. The molecule has 3 rings (SSSR count). The lowest BCUT2D eigenvalue weighted by Crippen LogP contribution is -2.22. The molecule has 0 aliphatic carbocycles. The van der Waals surface area contributed by atoms with Crippen LogP contribution in [-0.2, 0) is 11.2 Å². The van der Waals surface area contributed by atoms with E-state index in [9.17, 15) is 14.4 Å². The number of fused-ring (bicyclic) bond motifs is 1. The van der Waals surface area contributed by atoms with Crippen LogP contribution in [0.1, 0.15) is 29.5 Å². The van der Waals surface area contributed by atoms with Crippen LogP contribution in [0.3, 0.4) is 0 Å². The molecule has 2 aromatic carbocycles. The summed E-state index contributed by atoms with van der Waals surface area (Å²) in [6.07, 6.45) is 0.467. The molecular formula is C20H20N4O3. The Balaban J connectivity index is 1.64. The number of nitrogens with one attached hydrogen (secondary N) is 3. The van der Waals surface area contributed by atoms with Gasteiger partial charge in [-0.2, -0.15) is 0 Å². The SMILES string of the molecule is CCNC(=O)c1cccc(NC(=O)CCc2nc3ccccc3c(=O)[nH]2)c1. The van der Waals surface area contributed by atoms with Gasteiger partial charge in [0.15, 0.2) is 0 Å². The zero-order valence-electron chi connectivity index (χ0n) is 14.9. The number of aryl methyl sites for hydroxylation is 1. The Hall–Kier alpha value is -3.48. The van der Waals surface area contributed by atoms with Crippen molar-refractivity contribution < 1.29 is 9.59 Å². The Morgan fingerprint density at radius 3 is 2.74 bits per heavy atom. The minimum Gasteiger partial charge on any atom is -0.352 e. The van der Waals surface area contributed by atoms with Gasteiger partial charge in [-0.25, -0.2) is 4.98 Å². The number of para-hydroxylation sites is 1. The molecule has 7 nitrogen and oxygen atoms in total. The highest BCUT2D eigenvalue weighted by Gasteiger charge is 2.09. The van der Waals surface area contributed by atoms with Crippen molar-refractivity contribution in [3.8, 4) is 0 Å². The number of benzene rings is 2. The minimum absolute atomic E-state index is 0.159. The molecule has 27 heavy (non-hydrogen) atoms. The molecule has 1 aromatic heterocycles. The zero-order chi connectivity index (χ0) is 19.2. The standard InChI is InChI=1S/C20H20N4O3/c1-2-21-19(26)13-6-5-7-14(12-13)22-18(25)11-10-17-23-16-9-4-3-8-15(16)20(27)24-17/h3-9,12H,2,10-11H2,1H3,(H,21,26)(H,22,25)(H,23,24,27). The maximum atomic E-state index is 12.2. The fourth-order valence-corrected chi connectivity index (χ4v) is 2.71. The largest absolute Gasteiger partial charge is 0.352 e. The summed E-state index contributed by atoms with van der Waals surface area (Å²) >= 11 is 0. The molecule has 0 radical (unpaired) electrons. The maximum Gasteiger partial charge on any atom is 0.258 e. The van der Waals surface area contributed by atoms with Crippen molar-refractivity contribution in [2.45, 2.75) is 19.8 Å². The molecule has 7 heteroatoms. The van der Waals surface area contributed by atoms with E-state index in [0.29, 0.717) is 40.9 Å². The molecule has 0 atom stereocenters. The number of carbonyl (C=O) groups is 2. The van der Waals surface area contributed by atoms with Gasteiger partial charge in [0.2, 0.25) is 5.91 Å².